The van der Waals surface area contributed by atoms with Crippen LogP contribution in [0.25, 0.3) is 0 Å². The third-order valence-corrected chi connectivity index (χ3v) is 3.05. The predicted molar refractivity (Wildman–Crippen MR) is 86.2 cm³/mol. The monoisotopic (exact) mass is 303 g/mol. The minimum absolute atomic E-state index is 0.160. The summed E-state index contributed by atoms with van der Waals surface area (Å²) in [6.45, 7) is 4.85. The fourth-order valence-electron chi connectivity index (χ4n) is 1.70. The number of amides is 1. The summed E-state index contributed by atoms with van der Waals surface area (Å²) in [7, 11) is 0. The number of benzene rings is 2. The molecular formula is C17H18ClNO2. The van der Waals surface area contributed by atoms with E-state index in [0.29, 0.717) is 28.8 Å². The first-order chi connectivity index (χ1) is 10.0. The van der Waals surface area contributed by atoms with Gasteiger partial charge in [-0.05, 0) is 54.4 Å². The number of hydrogen-bond acceptors (Lipinski definition) is 2. The van der Waals surface area contributed by atoms with Crippen LogP contribution in [0.3, 0.4) is 0 Å². The Kier molecular flexibility index (Phi) is 5.23. The number of halogens is 1. The third-order valence-electron chi connectivity index (χ3n) is 2.80. The molecular weight excluding hydrogens is 286 g/mol. The van der Waals surface area contributed by atoms with Crippen LogP contribution in [0.1, 0.15) is 24.2 Å². The second-order valence-corrected chi connectivity index (χ2v) is 5.63. The van der Waals surface area contributed by atoms with E-state index < -0.39 is 0 Å². The van der Waals surface area contributed by atoms with E-state index in [1.54, 1.807) is 48.5 Å². The molecule has 3 nitrogen and oxygen atoms in total. The molecule has 0 saturated heterocycles. The van der Waals surface area contributed by atoms with Crippen LogP contribution in [-0.4, -0.2) is 12.5 Å². The molecule has 4 heteroatoms. The first-order valence-corrected chi connectivity index (χ1v) is 7.22. The lowest BCUT2D eigenvalue weighted by Gasteiger charge is -2.09. The molecule has 0 spiro atoms. The fraction of sp³-hybridized carbons (Fsp3) is 0.235. The lowest BCUT2D eigenvalue weighted by atomic mass is 10.2. The number of carbonyl (C=O) groups excluding carboxylic acids is 1. The first kappa shape index (κ1) is 15.4. The molecule has 0 heterocycles. The number of carbonyl (C=O) groups is 1. The lowest BCUT2D eigenvalue weighted by Crippen LogP contribution is -2.11. The highest BCUT2D eigenvalue weighted by Gasteiger charge is 2.06. The Bertz CT molecular complexity index is 591. The molecule has 21 heavy (non-hydrogen) atoms. The van der Waals surface area contributed by atoms with Crippen molar-refractivity contribution in [1.82, 2.24) is 0 Å². The molecule has 2 rings (SSSR count). The van der Waals surface area contributed by atoms with E-state index in [1.165, 1.54) is 0 Å². The molecule has 1 N–H and O–H groups in total. The summed E-state index contributed by atoms with van der Waals surface area (Å²) in [5.41, 5.74) is 1.30. The van der Waals surface area contributed by atoms with Crippen molar-refractivity contribution in [3.05, 3.63) is 59.1 Å². The molecule has 2 aromatic carbocycles. The Morgan fingerprint density at radius 1 is 1.10 bits per heavy atom. The highest BCUT2D eigenvalue weighted by atomic mass is 35.5. The molecule has 0 aliphatic rings. The van der Waals surface area contributed by atoms with Gasteiger partial charge in [-0.3, -0.25) is 4.79 Å². The minimum atomic E-state index is -0.160. The molecule has 0 fully saturated rings. The van der Waals surface area contributed by atoms with Crippen molar-refractivity contribution in [3.8, 4) is 5.75 Å². The zero-order valence-corrected chi connectivity index (χ0v) is 12.9. The summed E-state index contributed by atoms with van der Waals surface area (Å²) in [6, 6.07) is 14.1. The van der Waals surface area contributed by atoms with Crippen molar-refractivity contribution in [2.45, 2.75) is 13.8 Å². The summed E-state index contributed by atoms with van der Waals surface area (Å²) in [5, 5.41) is 3.46. The second kappa shape index (κ2) is 7.14. The summed E-state index contributed by atoms with van der Waals surface area (Å²) >= 11 is 5.81. The molecule has 0 aliphatic heterocycles. The van der Waals surface area contributed by atoms with Gasteiger partial charge in [-0.15, -0.1) is 0 Å². The van der Waals surface area contributed by atoms with Crippen LogP contribution < -0.4 is 10.1 Å². The van der Waals surface area contributed by atoms with Crippen LogP contribution in [0.5, 0.6) is 5.75 Å². The quantitative estimate of drug-likeness (QED) is 0.874. The fourth-order valence-corrected chi connectivity index (χ4v) is 1.83. The van der Waals surface area contributed by atoms with Crippen molar-refractivity contribution >= 4 is 23.2 Å². The summed E-state index contributed by atoms with van der Waals surface area (Å²) in [6.07, 6.45) is 0. The van der Waals surface area contributed by atoms with Gasteiger partial charge in [-0.1, -0.05) is 25.4 Å². The van der Waals surface area contributed by atoms with Crippen molar-refractivity contribution in [1.29, 1.82) is 0 Å². The Balaban J connectivity index is 1.97. The van der Waals surface area contributed by atoms with Crippen LogP contribution in [0, 0.1) is 5.92 Å². The topological polar surface area (TPSA) is 38.3 Å². The van der Waals surface area contributed by atoms with E-state index in [0.717, 1.165) is 5.75 Å². The van der Waals surface area contributed by atoms with Gasteiger partial charge in [-0.25, -0.2) is 0 Å². The van der Waals surface area contributed by atoms with Gasteiger partial charge >= 0.3 is 0 Å². The van der Waals surface area contributed by atoms with E-state index in [4.69, 9.17) is 16.3 Å². The molecule has 110 valence electrons. The van der Waals surface area contributed by atoms with Gasteiger partial charge < -0.3 is 10.1 Å². The molecule has 1 amide bonds. The van der Waals surface area contributed by atoms with E-state index in [9.17, 15) is 4.79 Å². The Morgan fingerprint density at radius 3 is 2.29 bits per heavy atom. The molecule has 0 aliphatic carbocycles. The molecule has 0 atom stereocenters. The average molecular weight is 304 g/mol. The van der Waals surface area contributed by atoms with Crippen molar-refractivity contribution in [3.63, 3.8) is 0 Å². The molecule has 0 bridgehead atoms. The van der Waals surface area contributed by atoms with Crippen LogP contribution in [0.15, 0.2) is 48.5 Å². The zero-order valence-electron chi connectivity index (χ0n) is 12.1. The minimum Gasteiger partial charge on any atom is -0.493 e. The third kappa shape index (κ3) is 4.80. The van der Waals surface area contributed by atoms with Crippen LogP contribution in [-0.2, 0) is 0 Å². The Morgan fingerprint density at radius 2 is 1.71 bits per heavy atom. The molecule has 2 aromatic rings. The summed E-state index contributed by atoms with van der Waals surface area (Å²) in [4.78, 5) is 12.1. The van der Waals surface area contributed by atoms with Crippen molar-refractivity contribution in [2.75, 3.05) is 11.9 Å². The largest absolute Gasteiger partial charge is 0.493 e. The van der Waals surface area contributed by atoms with Crippen molar-refractivity contribution in [2.24, 2.45) is 5.92 Å². The van der Waals surface area contributed by atoms with Crippen LogP contribution in [0.4, 0.5) is 5.69 Å². The molecule has 0 radical (unpaired) electrons. The Hall–Kier alpha value is -2.00. The molecule has 0 aromatic heterocycles. The summed E-state index contributed by atoms with van der Waals surface area (Å²) < 4.78 is 5.59. The Labute approximate surface area is 129 Å². The van der Waals surface area contributed by atoms with E-state index in [2.05, 4.69) is 19.2 Å². The lowest BCUT2D eigenvalue weighted by molar-refractivity contribution is 0.102. The summed E-state index contributed by atoms with van der Waals surface area (Å²) in [5.74, 6) is 1.08. The van der Waals surface area contributed by atoms with Gasteiger partial charge in [0.1, 0.15) is 5.75 Å². The van der Waals surface area contributed by atoms with Gasteiger partial charge in [0.15, 0.2) is 0 Å². The number of rotatable bonds is 5. The normalized spacial score (nSPS) is 10.5. The van der Waals surface area contributed by atoms with E-state index in [1.807, 2.05) is 0 Å². The van der Waals surface area contributed by atoms with Gasteiger partial charge in [0.05, 0.1) is 6.61 Å². The molecule has 0 unspecified atom stereocenters. The maximum Gasteiger partial charge on any atom is 0.255 e. The highest BCUT2D eigenvalue weighted by molar-refractivity contribution is 6.30. The van der Waals surface area contributed by atoms with Crippen LogP contribution in [0.2, 0.25) is 5.02 Å². The number of hydrogen-bond donors (Lipinski definition) is 1. The average Bonchev–Trinajstić information content (AvgIpc) is 2.48. The smallest absolute Gasteiger partial charge is 0.255 e. The number of nitrogens with one attached hydrogen (secondary N) is 1. The van der Waals surface area contributed by atoms with E-state index >= 15 is 0 Å². The van der Waals surface area contributed by atoms with Gasteiger partial charge in [0.25, 0.3) is 5.91 Å². The van der Waals surface area contributed by atoms with Crippen LogP contribution >= 0.6 is 11.6 Å². The van der Waals surface area contributed by atoms with Gasteiger partial charge in [-0.2, -0.15) is 0 Å². The van der Waals surface area contributed by atoms with Gasteiger partial charge in [0, 0.05) is 16.3 Å². The molecule has 0 saturated carbocycles. The number of ether oxygens (including phenoxy) is 1. The maximum atomic E-state index is 12.1. The first-order valence-electron chi connectivity index (χ1n) is 6.84. The van der Waals surface area contributed by atoms with Crippen molar-refractivity contribution < 1.29 is 9.53 Å². The predicted octanol–water partition coefficient (Wildman–Crippen LogP) is 4.63. The highest BCUT2D eigenvalue weighted by Crippen LogP contribution is 2.16. The number of anilines is 1. The van der Waals surface area contributed by atoms with Gasteiger partial charge in [0.2, 0.25) is 0 Å². The SMILES string of the molecule is CC(C)COc1ccc(C(=O)Nc2ccc(Cl)cc2)cc1. The zero-order chi connectivity index (χ0) is 15.2. The van der Waals surface area contributed by atoms with E-state index in [-0.39, 0.29) is 5.91 Å². The second-order valence-electron chi connectivity index (χ2n) is 5.19. The standard InChI is InChI=1S/C17H18ClNO2/c1-12(2)11-21-16-9-3-13(4-10-16)17(20)19-15-7-5-14(18)6-8-15/h3-10,12H,11H2,1-2H3,(H,19,20). The maximum absolute atomic E-state index is 12.1.